The predicted molar refractivity (Wildman–Crippen MR) is 69.0 cm³/mol. The number of alkyl halides is 1. The zero-order valence-corrected chi connectivity index (χ0v) is 10.8. The van der Waals surface area contributed by atoms with E-state index in [9.17, 15) is 0 Å². The van der Waals surface area contributed by atoms with Crippen LogP contribution in [0.25, 0.3) is 0 Å². The van der Waals surface area contributed by atoms with E-state index < -0.39 is 0 Å². The first-order valence-electron chi connectivity index (χ1n) is 5.90. The van der Waals surface area contributed by atoms with Crippen LogP contribution in [-0.4, -0.2) is 5.88 Å². The quantitative estimate of drug-likeness (QED) is 0.644. The van der Waals surface area contributed by atoms with E-state index in [1.54, 1.807) is 0 Å². The molecule has 15 heavy (non-hydrogen) atoms. The number of aryl methyl sites for hydroxylation is 2. The third-order valence-electron chi connectivity index (χ3n) is 3.07. The lowest BCUT2D eigenvalue weighted by molar-refractivity contribution is 0.726. The van der Waals surface area contributed by atoms with Gasteiger partial charge < -0.3 is 0 Å². The van der Waals surface area contributed by atoms with Crippen LogP contribution in [0.3, 0.4) is 0 Å². The highest BCUT2D eigenvalue weighted by Crippen LogP contribution is 2.25. The third kappa shape index (κ3) is 3.24. The van der Waals surface area contributed by atoms with Crippen molar-refractivity contribution in [1.82, 2.24) is 0 Å². The van der Waals surface area contributed by atoms with Gasteiger partial charge in [-0.2, -0.15) is 0 Å². The molecule has 1 unspecified atom stereocenters. The summed E-state index contributed by atoms with van der Waals surface area (Å²) in [7, 11) is 0. The molecule has 1 heteroatoms. The first kappa shape index (κ1) is 12.6. The number of benzene rings is 1. The lowest BCUT2D eigenvalue weighted by Crippen LogP contribution is -2.01. The number of rotatable bonds is 5. The molecular formula is C14H21Cl. The molecule has 0 aliphatic heterocycles. The third-order valence-corrected chi connectivity index (χ3v) is 3.29. The molecule has 0 heterocycles. The number of halogens is 1. The smallest absolute Gasteiger partial charge is 0.0229 e. The summed E-state index contributed by atoms with van der Waals surface area (Å²) in [4.78, 5) is 0. The topological polar surface area (TPSA) is 0 Å². The van der Waals surface area contributed by atoms with Gasteiger partial charge in [-0.3, -0.25) is 0 Å². The van der Waals surface area contributed by atoms with Gasteiger partial charge in [0.05, 0.1) is 0 Å². The minimum Gasteiger partial charge on any atom is -0.127 e. The summed E-state index contributed by atoms with van der Waals surface area (Å²) in [6.45, 7) is 6.70. The second kappa shape index (κ2) is 6.17. The van der Waals surface area contributed by atoms with Gasteiger partial charge in [0.25, 0.3) is 0 Å². The van der Waals surface area contributed by atoms with E-state index in [0.29, 0.717) is 5.92 Å². The van der Waals surface area contributed by atoms with Gasteiger partial charge in [0, 0.05) is 5.88 Å². The molecule has 0 saturated heterocycles. The molecule has 0 spiro atoms. The second-order valence-corrected chi connectivity index (χ2v) is 4.50. The lowest BCUT2D eigenvalue weighted by atomic mass is 9.90. The summed E-state index contributed by atoms with van der Waals surface area (Å²) >= 11 is 5.82. The molecule has 84 valence electrons. The van der Waals surface area contributed by atoms with Crippen LogP contribution in [0.1, 0.15) is 49.8 Å². The summed E-state index contributed by atoms with van der Waals surface area (Å²) in [5, 5.41) is 0. The van der Waals surface area contributed by atoms with Gasteiger partial charge in [-0.05, 0) is 41.9 Å². The van der Waals surface area contributed by atoms with Crippen molar-refractivity contribution in [2.24, 2.45) is 0 Å². The molecule has 0 aliphatic carbocycles. The van der Waals surface area contributed by atoms with Crippen molar-refractivity contribution in [3.8, 4) is 0 Å². The zero-order valence-electron chi connectivity index (χ0n) is 10.0. The van der Waals surface area contributed by atoms with E-state index in [2.05, 4.69) is 39.0 Å². The van der Waals surface area contributed by atoms with E-state index in [-0.39, 0.29) is 0 Å². The highest BCUT2D eigenvalue weighted by atomic mass is 35.5. The Bertz CT molecular complexity index is 304. The lowest BCUT2D eigenvalue weighted by Gasteiger charge is -2.16. The minimum absolute atomic E-state index is 0.587. The fourth-order valence-corrected chi connectivity index (χ4v) is 2.29. The first-order chi connectivity index (χ1) is 7.22. The molecule has 0 nitrogen and oxygen atoms in total. The molecule has 1 atom stereocenters. The van der Waals surface area contributed by atoms with Gasteiger partial charge >= 0.3 is 0 Å². The van der Waals surface area contributed by atoms with Crippen molar-refractivity contribution in [2.75, 3.05) is 5.88 Å². The van der Waals surface area contributed by atoms with Gasteiger partial charge in [0.2, 0.25) is 0 Å². The Morgan fingerprint density at radius 2 is 1.93 bits per heavy atom. The van der Waals surface area contributed by atoms with Crippen LogP contribution in [0, 0.1) is 0 Å². The van der Waals surface area contributed by atoms with Crippen LogP contribution < -0.4 is 0 Å². The molecule has 0 aromatic heterocycles. The molecule has 0 aliphatic rings. The minimum atomic E-state index is 0.587. The summed E-state index contributed by atoms with van der Waals surface area (Å²) in [5.41, 5.74) is 4.41. The molecule has 0 saturated carbocycles. The second-order valence-electron chi connectivity index (χ2n) is 4.12. The molecule has 1 aromatic rings. The standard InChI is InChI=1S/C14H21Cl/c1-4-12-6-7-13(5-2)14(10-12)11(3)8-9-15/h6-7,10-11H,4-5,8-9H2,1-3H3. The van der Waals surface area contributed by atoms with E-state index in [1.807, 2.05) is 0 Å². The molecule has 1 aromatic carbocycles. The van der Waals surface area contributed by atoms with Gasteiger partial charge in [0.1, 0.15) is 0 Å². The Hall–Kier alpha value is -0.490. The fraction of sp³-hybridized carbons (Fsp3) is 0.571. The van der Waals surface area contributed by atoms with E-state index in [1.165, 1.54) is 16.7 Å². The van der Waals surface area contributed by atoms with Crippen molar-refractivity contribution < 1.29 is 0 Å². The Labute approximate surface area is 98.7 Å². The Balaban J connectivity index is 3.00. The normalized spacial score (nSPS) is 12.8. The molecule has 0 bridgehead atoms. The van der Waals surface area contributed by atoms with Crippen LogP contribution in [0.5, 0.6) is 0 Å². The molecular weight excluding hydrogens is 204 g/mol. The molecule has 0 fully saturated rings. The van der Waals surface area contributed by atoms with Crippen LogP contribution in [-0.2, 0) is 12.8 Å². The highest BCUT2D eigenvalue weighted by Gasteiger charge is 2.09. The molecule has 0 radical (unpaired) electrons. The number of hydrogen-bond acceptors (Lipinski definition) is 0. The fourth-order valence-electron chi connectivity index (χ4n) is 1.96. The summed E-state index contributed by atoms with van der Waals surface area (Å²) in [5.74, 6) is 1.34. The molecule has 0 N–H and O–H groups in total. The SMILES string of the molecule is CCc1ccc(CC)c(C(C)CCCl)c1. The van der Waals surface area contributed by atoms with E-state index in [4.69, 9.17) is 11.6 Å². The van der Waals surface area contributed by atoms with Gasteiger partial charge in [0.15, 0.2) is 0 Å². The van der Waals surface area contributed by atoms with E-state index >= 15 is 0 Å². The maximum Gasteiger partial charge on any atom is 0.0229 e. The summed E-state index contributed by atoms with van der Waals surface area (Å²) < 4.78 is 0. The maximum absolute atomic E-state index is 5.82. The van der Waals surface area contributed by atoms with Crippen LogP contribution >= 0.6 is 11.6 Å². The van der Waals surface area contributed by atoms with Crippen molar-refractivity contribution in [2.45, 2.75) is 46.0 Å². The summed E-state index contributed by atoms with van der Waals surface area (Å²) in [6, 6.07) is 6.88. The van der Waals surface area contributed by atoms with Gasteiger partial charge in [-0.25, -0.2) is 0 Å². The number of hydrogen-bond donors (Lipinski definition) is 0. The Kier molecular flexibility index (Phi) is 5.17. The first-order valence-corrected chi connectivity index (χ1v) is 6.44. The summed E-state index contributed by atoms with van der Waals surface area (Å²) in [6.07, 6.45) is 3.30. The predicted octanol–water partition coefficient (Wildman–Crippen LogP) is 4.54. The maximum atomic E-state index is 5.82. The van der Waals surface area contributed by atoms with Crippen molar-refractivity contribution >= 4 is 11.6 Å². The molecule has 0 amide bonds. The van der Waals surface area contributed by atoms with E-state index in [0.717, 1.165) is 25.1 Å². The van der Waals surface area contributed by atoms with Crippen LogP contribution in [0.4, 0.5) is 0 Å². The highest BCUT2D eigenvalue weighted by molar-refractivity contribution is 6.17. The average molecular weight is 225 g/mol. The Morgan fingerprint density at radius 3 is 2.47 bits per heavy atom. The Morgan fingerprint density at radius 1 is 1.20 bits per heavy atom. The van der Waals surface area contributed by atoms with Gasteiger partial charge in [-0.15, -0.1) is 11.6 Å². The van der Waals surface area contributed by atoms with Crippen LogP contribution in [0.2, 0.25) is 0 Å². The molecule has 1 rings (SSSR count). The largest absolute Gasteiger partial charge is 0.127 e. The monoisotopic (exact) mass is 224 g/mol. The van der Waals surface area contributed by atoms with Crippen molar-refractivity contribution in [3.63, 3.8) is 0 Å². The van der Waals surface area contributed by atoms with Crippen molar-refractivity contribution in [3.05, 3.63) is 34.9 Å². The average Bonchev–Trinajstić information content (AvgIpc) is 2.28. The van der Waals surface area contributed by atoms with Crippen molar-refractivity contribution in [1.29, 1.82) is 0 Å². The van der Waals surface area contributed by atoms with Crippen LogP contribution in [0.15, 0.2) is 18.2 Å². The zero-order chi connectivity index (χ0) is 11.3. The van der Waals surface area contributed by atoms with Gasteiger partial charge in [-0.1, -0.05) is 39.0 Å².